The lowest BCUT2D eigenvalue weighted by Crippen LogP contribution is -2.14. The first-order valence-corrected chi connectivity index (χ1v) is 13.7. The summed E-state index contributed by atoms with van der Waals surface area (Å²) in [5.41, 5.74) is 1.34. The van der Waals surface area contributed by atoms with E-state index in [2.05, 4.69) is 28.8 Å². The van der Waals surface area contributed by atoms with Crippen molar-refractivity contribution >= 4 is 33.0 Å². The fraction of sp³-hybridized carbons (Fsp3) is 0.360. The molecule has 2 aromatic carbocycles. The lowest BCUT2D eigenvalue weighted by atomic mass is 9.78. The molecule has 4 rings (SSSR count). The molecule has 1 heterocycles. The summed E-state index contributed by atoms with van der Waals surface area (Å²) in [6.45, 7) is 2.25. The monoisotopic (exact) mass is 518 g/mol. The molecule has 10 heteroatoms. The van der Waals surface area contributed by atoms with E-state index in [0.717, 1.165) is 35.0 Å². The predicted molar refractivity (Wildman–Crippen MR) is 133 cm³/mol. The van der Waals surface area contributed by atoms with Gasteiger partial charge in [-0.05, 0) is 54.7 Å². The number of carboxylic acid groups (broad SMARTS) is 1. The number of halogens is 1. The number of carbonyl (C=O) groups is 1. The van der Waals surface area contributed by atoms with Crippen LogP contribution in [0.4, 0.5) is 10.1 Å². The lowest BCUT2D eigenvalue weighted by molar-refractivity contribution is 0.0691. The number of thiazole rings is 1. The first kappa shape index (κ1) is 25.1. The number of nitrogens with one attached hydrogen (secondary N) is 1. The summed E-state index contributed by atoms with van der Waals surface area (Å²) in [4.78, 5) is 15.9. The maximum Gasteiger partial charge on any atom is 0.338 e. The van der Waals surface area contributed by atoms with Crippen LogP contribution in [0.15, 0.2) is 46.9 Å². The Kier molecular flexibility index (Phi) is 7.42. The molecule has 1 aliphatic carbocycles. The van der Waals surface area contributed by atoms with Gasteiger partial charge in [0.05, 0.1) is 23.2 Å². The van der Waals surface area contributed by atoms with Gasteiger partial charge in [-0.1, -0.05) is 37.6 Å². The van der Waals surface area contributed by atoms with Crippen LogP contribution in [0.2, 0.25) is 0 Å². The van der Waals surface area contributed by atoms with Crippen molar-refractivity contribution in [1.82, 2.24) is 4.98 Å². The van der Waals surface area contributed by atoms with Crippen LogP contribution in [-0.4, -0.2) is 31.6 Å². The number of sulfonamides is 1. The Labute approximate surface area is 208 Å². The van der Waals surface area contributed by atoms with Crippen LogP contribution in [0.5, 0.6) is 5.75 Å². The molecule has 0 amide bonds. The van der Waals surface area contributed by atoms with Gasteiger partial charge in [0.2, 0.25) is 4.34 Å². The number of hydrogen-bond acceptors (Lipinski definition) is 6. The van der Waals surface area contributed by atoms with E-state index in [9.17, 15) is 17.6 Å². The summed E-state index contributed by atoms with van der Waals surface area (Å²) in [5.74, 6) is -1.29. The highest BCUT2D eigenvalue weighted by Crippen LogP contribution is 2.38. The molecule has 1 fully saturated rings. The van der Waals surface area contributed by atoms with Crippen LogP contribution in [-0.2, 0) is 10.0 Å². The van der Waals surface area contributed by atoms with Crippen molar-refractivity contribution in [1.29, 1.82) is 0 Å². The fourth-order valence-corrected chi connectivity index (χ4v) is 6.71. The maximum atomic E-state index is 14.1. The van der Waals surface area contributed by atoms with E-state index < -0.39 is 27.4 Å². The molecular formula is C25H27FN2O5S2. The number of anilines is 1. The van der Waals surface area contributed by atoms with Gasteiger partial charge in [0.15, 0.2) is 0 Å². The van der Waals surface area contributed by atoms with E-state index >= 15 is 0 Å². The lowest BCUT2D eigenvalue weighted by Gasteiger charge is -2.28. The van der Waals surface area contributed by atoms with E-state index in [1.165, 1.54) is 51.0 Å². The van der Waals surface area contributed by atoms with Crippen LogP contribution < -0.4 is 9.46 Å². The maximum absolute atomic E-state index is 14.1. The number of aromatic carboxylic acids is 1. The van der Waals surface area contributed by atoms with Crippen LogP contribution in [0.1, 0.15) is 60.9 Å². The molecule has 1 aliphatic rings. The van der Waals surface area contributed by atoms with E-state index in [0.29, 0.717) is 10.8 Å². The zero-order valence-electron chi connectivity index (χ0n) is 19.5. The number of benzene rings is 2. The van der Waals surface area contributed by atoms with Gasteiger partial charge in [0.25, 0.3) is 10.0 Å². The Morgan fingerprint density at radius 3 is 2.49 bits per heavy atom. The van der Waals surface area contributed by atoms with E-state index in [4.69, 9.17) is 9.84 Å². The summed E-state index contributed by atoms with van der Waals surface area (Å²) >= 11 is 0.992. The number of aromatic nitrogens is 1. The molecule has 0 bridgehead atoms. The average Bonchev–Trinajstić information content (AvgIpc) is 3.35. The summed E-state index contributed by atoms with van der Waals surface area (Å²) in [5, 5.41) is 9.07. The van der Waals surface area contributed by atoms with Gasteiger partial charge >= 0.3 is 5.97 Å². The number of hydrogen-bond donors (Lipinski definition) is 2. The number of nitrogens with zero attached hydrogens (tertiary/aromatic N) is 1. The minimum absolute atomic E-state index is 0.118. The summed E-state index contributed by atoms with van der Waals surface area (Å²) in [7, 11) is -2.92. The summed E-state index contributed by atoms with van der Waals surface area (Å²) in [6.07, 6.45) is 7.66. The second-order valence-electron chi connectivity index (χ2n) is 8.68. The molecule has 3 aromatic rings. The standard InChI is InChI=1S/C25H27FN2O5S2/c1-3-15-4-6-16(7-5-15)17-8-10-18(11-9-17)23-14-27-25(34-23)35(31,32)28-21-13-20(26)19(24(29)30)12-22(21)33-2/h8-16,28H,3-7H2,1-2H3,(H,29,30). The van der Waals surface area contributed by atoms with Gasteiger partial charge in [-0.15, -0.1) is 11.3 Å². The molecule has 0 radical (unpaired) electrons. The second kappa shape index (κ2) is 10.3. The topological polar surface area (TPSA) is 106 Å². The Morgan fingerprint density at radius 1 is 1.20 bits per heavy atom. The molecule has 0 atom stereocenters. The van der Waals surface area contributed by atoms with Gasteiger partial charge in [-0.3, -0.25) is 4.72 Å². The average molecular weight is 519 g/mol. The molecule has 0 unspecified atom stereocenters. The summed E-state index contributed by atoms with van der Waals surface area (Å²) < 4.78 is 47.0. The Balaban J connectivity index is 1.51. The predicted octanol–water partition coefficient (Wildman–Crippen LogP) is 6.14. The van der Waals surface area contributed by atoms with Crippen LogP contribution >= 0.6 is 11.3 Å². The molecule has 1 aromatic heterocycles. The molecule has 2 N–H and O–H groups in total. The minimum Gasteiger partial charge on any atom is -0.495 e. The third-order valence-corrected chi connectivity index (χ3v) is 9.37. The first-order valence-electron chi connectivity index (χ1n) is 11.4. The highest BCUT2D eigenvalue weighted by atomic mass is 32.2. The second-order valence-corrected chi connectivity index (χ2v) is 11.6. The van der Waals surface area contributed by atoms with E-state index in [1.54, 1.807) is 0 Å². The number of ether oxygens (including phenoxy) is 1. The van der Waals surface area contributed by atoms with Gasteiger partial charge in [0.1, 0.15) is 11.6 Å². The molecular weight excluding hydrogens is 491 g/mol. The van der Waals surface area contributed by atoms with Gasteiger partial charge in [-0.25, -0.2) is 14.2 Å². The van der Waals surface area contributed by atoms with Gasteiger partial charge in [-0.2, -0.15) is 8.42 Å². The third-order valence-electron chi connectivity index (χ3n) is 6.57. The molecule has 0 saturated heterocycles. The Hall–Kier alpha value is -2.98. The van der Waals surface area contributed by atoms with Crippen molar-refractivity contribution in [3.63, 3.8) is 0 Å². The smallest absolute Gasteiger partial charge is 0.338 e. The first-order chi connectivity index (χ1) is 16.7. The van der Waals surface area contributed by atoms with Crippen molar-refractivity contribution < 1.29 is 27.4 Å². The van der Waals surface area contributed by atoms with Gasteiger partial charge < -0.3 is 9.84 Å². The highest BCUT2D eigenvalue weighted by molar-refractivity contribution is 7.94. The zero-order valence-corrected chi connectivity index (χ0v) is 21.1. The van der Waals surface area contributed by atoms with Crippen molar-refractivity contribution in [3.05, 3.63) is 59.5 Å². The Morgan fingerprint density at radius 2 is 1.89 bits per heavy atom. The third kappa shape index (κ3) is 5.48. The molecule has 7 nitrogen and oxygen atoms in total. The molecule has 0 aliphatic heterocycles. The minimum atomic E-state index is -4.15. The van der Waals surface area contributed by atoms with Crippen molar-refractivity contribution in [2.45, 2.75) is 49.3 Å². The quantitative estimate of drug-likeness (QED) is 0.371. The largest absolute Gasteiger partial charge is 0.495 e. The number of carboxylic acids is 1. The normalized spacial score (nSPS) is 18.3. The van der Waals surface area contributed by atoms with E-state index in [1.807, 2.05) is 12.1 Å². The van der Waals surface area contributed by atoms with Crippen LogP contribution in [0, 0.1) is 11.7 Å². The fourth-order valence-electron chi connectivity index (χ4n) is 4.49. The van der Waals surface area contributed by atoms with Crippen molar-refractivity contribution in [2.24, 2.45) is 5.92 Å². The highest BCUT2D eigenvalue weighted by Gasteiger charge is 2.24. The number of methoxy groups -OCH3 is 1. The number of rotatable bonds is 8. The zero-order chi connectivity index (χ0) is 25.2. The van der Waals surface area contributed by atoms with Gasteiger partial charge in [0, 0.05) is 12.3 Å². The van der Waals surface area contributed by atoms with E-state index in [-0.39, 0.29) is 15.8 Å². The molecule has 1 saturated carbocycles. The van der Waals surface area contributed by atoms with Crippen molar-refractivity contribution in [2.75, 3.05) is 11.8 Å². The SMILES string of the molecule is CCC1CCC(c2ccc(-c3cnc(S(=O)(=O)Nc4cc(F)c(C(=O)O)cc4OC)s3)cc2)CC1. The summed E-state index contributed by atoms with van der Waals surface area (Å²) in [6, 6.07) is 9.90. The molecule has 35 heavy (non-hydrogen) atoms. The molecule has 186 valence electrons. The Bertz CT molecular complexity index is 1310. The molecule has 0 spiro atoms. The van der Waals surface area contributed by atoms with Crippen molar-refractivity contribution in [3.8, 4) is 16.2 Å². The van der Waals surface area contributed by atoms with Crippen LogP contribution in [0.25, 0.3) is 10.4 Å². The van der Waals surface area contributed by atoms with Crippen LogP contribution in [0.3, 0.4) is 0 Å².